The standard InChI is InChI=1S/C27H58BrP/c1-5-9-13-14-15-16-17-18-19-23-27-29(28,24-20-10-6-2,25-21-11-7-3)26-22-12-8-4/h5-27H2,1-4H3. The molecule has 0 spiro atoms. The summed E-state index contributed by atoms with van der Waals surface area (Å²) in [6.45, 7) is 9.39. The normalized spacial score (nSPS) is 13.5. The van der Waals surface area contributed by atoms with Crippen LogP contribution in [-0.2, 0) is 0 Å². The molecule has 178 valence electrons. The third-order valence-electron chi connectivity index (χ3n) is 7.03. The van der Waals surface area contributed by atoms with E-state index in [1.165, 1.54) is 140 Å². The van der Waals surface area contributed by atoms with Crippen LogP contribution in [0.2, 0.25) is 0 Å². The van der Waals surface area contributed by atoms with Gasteiger partial charge in [-0.15, -0.1) is 0 Å². The molecule has 0 N–H and O–H groups in total. The molecule has 0 bridgehead atoms. The molecule has 2 heteroatoms. The van der Waals surface area contributed by atoms with Crippen molar-refractivity contribution < 1.29 is 0 Å². The number of rotatable bonds is 23. The molecule has 0 heterocycles. The van der Waals surface area contributed by atoms with Gasteiger partial charge in [-0.3, -0.25) is 0 Å². The van der Waals surface area contributed by atoms with Crippen molar-refractivity contribution in [3.8, 4) is 0 Å². The van der Waals surface area contributed by atoms with Gasteiger partial charge in [-0.1, -0.05) is 0 Å². The number of unbranched alkanes of at least 4 members (excludes halogenated alkanes) is 15. The molecule has 0 aromatic carbocycles. The van der Waals surface area contributed by atoms with Crippen LogP contribution < -0.4 is 0 Å². The van der Waals surface area contributed by atoms with E-state index < -0.39 is 5.31 Å². The molecule has 0 unspecified atom stereocenters. The molecule has 0 fully saturated rings. The summed E-state index contributed by atoms with van der Waals surface area (Å²) < 4.78 is 0. The van der Waals surface area contributed by atoms with Crippen molar-refractivity contribution >= 4 is 20.8 Å². The number of halogens is 1. The summed E-state index contributed by atoms with van der Waals surface area (Å²) in [5.41, 5.74) is 0. The topological polar surface area (TPSA) is 0 Å². The van der Waals surface area contributed by atoms with Gasteiger partial charge in [0.25, 0.3) is 0 Å². The number of hydrogen-bond donors (Lipinski definition) is 0. The van der Waals surface area contributed by atoms with Gasteiger partial charge in [0, 0.05) is 0 Å². The van der Waals surface area contributed by atoms with E-state index in [0.717, 1.165) is 0 Å². The second kappa shape index (κ2) is 19.6. The maximum atomic E-state index is 4.63. The van der Waals surface area contributed by atoms with E-state index in [1.54, 1.807) is 6.16 Å². The molecule has 0 aromatic rings. The average Bonchev–Trinajstić information content (AvgIpc) is 2.70. The Morgan fingerprint density at radius 2 is 0.552 bits per heavy atom. The first-order valence-corrected chi connectivity index (χ1v) is 18.8. The quantitative estimate of drug-likeness (QED) is 0.0980. The average molecular weight is 494 g/mol. The minimum absolute atomic E-state index is 1.36. The predicted octanol–water partition coefficient (Wildman–Crippen LogP) is 11.3. The monoisotopic (exact) mass is 492 g/mol. The zero-order valence-corrected chi connectivity index (χ0v) is 23.6. The number of hydrogen-bond acceptors (Lipinski definition) is 0. The second-order valence-corrected chi connectivity index (χ2v) is 21.5. The molecule has 0 radical (unpaired) electrons. The summed E-state index contributed by atoms with van der Waals surface area (Å²) in [4.78, 5) is 0. The van der Waals surface area contributed by atoms with Crippen molar-refractivity contribution in [2.24, 2.45) is 0 Å². The molecular formula is C27H58BrP. The third kappa shape index (κ3) is 16.2. The molecule has 0 amide bonds. The second-order valence-electron chi connectivity index (χ2n) is 10.0. The fraction of sp³-hybridized carbons (Fsp3) is 1.00. The van der Waals surface area contributed by atoms with Gasteiger partial charge in [-0.2, -0.15) is 0 Å². The van der Waals surface area contributed by atoms with Crippen LogP contribution in [0.15, 0.2) is 0 Å². The van der Waals surface area contributed by atoms with Crippen molar-refractivity contribution in [3.63, 3.8) is 0 Å². The molecule has 29 heavy (non-hydrogen) atoms. The summed E-state index contributed by atoms with van der Waals surface area (Å²) in [6, 6.07) is 0. The van der Waals surface area contributed by atoms with Crippen molar-refractivity contribution in [2.45, 2.75) is 150 Å². The van der Waals surface area contributed by atoms with Crippen LogP contribution in [0.4, 0.5) is 0 Å². The SMILES string of the molecule is CCCCCCCCCCCCP(Br)(CCCCC)(CCCCC)CCCCC. The van der Waals surface area contributed by atoms with Crippen molar-refractivity contribution in [3.05, 3.63) is 0 Å². The van der Waals surface area contributed by atoms with E-state index in [-0.39, 0.29) is 0 Å². The molecule has 0 aliphatic rings. The van der Waals surface area contributed by atoms with Crippen LogP contribution in [0.1, 0.15) is 150 Å². The van der Waals surface area contributed by atoms with Gasteiger partial charge < -0.3 is 0 Å². The van der Waals surface area contributed by atoms with Gasteiger partial charge in [0.2, 0.25) is 0 Å². The van der Waals surface area contributed by atoms with Crippen LogP contribution in [-0.4, -0.2) is 24.6 Å². The van der Waals surface area contributed by atoms with Gasteiger partial charge in [0.1, 0.15) is 0 Å². The Bertz CT molecular complexity index is 312. The van der Waals surface area contributed by atoms with Gasteiger partial charge in [0.05, 0.1) is 0 Å². The molecule has 0 saturated heterocycles. The van der Waals surface area contributed by atoms with Crippen LogP contribution in [0, 0.1) is 0 Å². The maximum absolute atomic E-state index is 4.63. The van der Waals surface area contributed by atoms with Gasteiger partial charge >= 0.3 is 195 Å². The van der Waals surface area contributed by atoms with E-state index in [0.29, 0.717) is 0 Å². The first-order valence-electron chi connectivity index (χ1n) is 13.8. The molecule has 0 saturated carbocycles. The summed E-state index contributed by atoms with van der Waals surface area (Å²) >= 11 is 4.63. The van der Waals surface area contributed by atoms with Gasteiger partial charge in [-0.05, 0) is 0 Å². The van der Waals surface area contributed by atoms with E-state index >= 15 is 0 Å². The van der Waals surface area contributed by atoms with Crippen LogP contribution >= 0.6 is 20.8 Å². The van der Waals surface area contributed by atoms with E-state index in [4.69, 9.17) is 0 Å². The fourth-order valence-electron chi connectivity index (χ4n) is 4.94. The first-order chi connectivity index (χ1) is 14.0. The van der Waals surface area contributed by atoms with Crippen molar-refractivity contribution in [2.75, 3.05) is 24.6 Å². The van der Waals surface area contributed by atoms with E-state index in [1.807, 2.05) is 0 Å². The molecule has 0 aliphatic heterocycles. The molecule has 0 nitrogen and oxygen atoms in total. The van der Waals surface area contributed by atoms with Gasteiger partial charge in [0.15, 0.2) is 0 Å². The molecule has 0 atom stereocenters. The molecule has 0 rings (SSSR count). The van der Waals surface area contributed by atoms with Crippen LogP contribution in [0.3, 0.4) is 0 Å². The Morgan fingerprint density at radius 1 is 0.345 bits per heavy atom. The molecule has 0 aliphatic carbocycles. The Hall–Kier alpha value is 0.910. The Morgan fingerprint density at radius 3 is 0.862 bits per heavy atom. The van der Waals surface area contributed by atoms with Crippen LogP contribution in [0.5, 0.6) is 0 Å². The van der Waals surface area contributed by atoms with E-state index in [2.05, 4.69) is 43.2 Å². The third-order valence-corrected chi connectivity index (χ3v) is 17.0. The van der Waals surface area contributed by atoms with E-state index in [9.17, 15) is 0 Å². The van der Waals surface area contributed by atoms with Crippen molar-refractivity contribution in [1.29, 1.82) is 0 Å². The Labute approximate surface area is 194 Å². The molecular weight excluding hydrogens is 435 g/mol. The molecule has 0 aromatic heterocycles. The predicted molar refractivity (Wildman–Crippen MR) is 146 cm³/mol. The zero-order valence-electron chi connectivity index (χ0n) is 21.1. The van der Waals surface area contributed by atoms with Crippen molar-refractivity contribution in [1.82, 2.24) is 0 Å². The summed E-state index contributed by atoms with van der Waals surface area (Å²) in [5, 5.41) is -1.68. The first kappa shape index (κ1) is 29.9. The summed E-state index contributed by atoms with van der Waals surface area (Å²) in [6.07, 6.45) is 33.5. The fourth-order valence-corrected chi connectivity index (χ4v) is 13.3. The zero-order chi connectivity index (χ0) is 21.7. The van der Waals surface area contributed by atoms with Gasteiger partial charge in [-0.25, -0.2) is 0 Å². The van der Waals surface area contributed by atoms with Crippen LogP contribution in [0.25, 0.3) is 0 Å². The summed E-state index contributed by atoms with van der Waals surface area (Å²) in [5.74, 6) is 0. The Kier molecular flexibility index (Phi) is 20.2. The minimum atomic E-state index is -1.68. The Balaban J connectivity index is 4.51. The summed E-state index contributed by atoms with van der Waals surface area (Å²) in [7, 11) is 0.